The Morgan fingerprint density at radius 2 is 1.91 bits per heavy atom. The zero-order valence-corrected chi connectivity index (χ0v) is 8.79. The van der Waals surface area contributed by atoms with Crippen molar-refractivity contribution in [1.82, 2.24) is 4.90 Å². The maximum Gasteiger partial charge on any atom is 0.225 e. The minimum absolute atomic E-state index is 0.654. The van der Waals surface area contributed by atoms with Gasteiger partial charge in [-0.05, 0) is 14.1 Å². The van der Waals surface area contributed by atoms with Crippen molar-refractivity contribution in [1.29, 1.82) is 0 Å². The van der Waals surface area contributed by atoms with Gasteiger partial charge in [0.05, 0.1) is 6.54 Å². The van der Waals surface area contributed by atoms with Crippen LogP contribution < -0.4 is 0 Å². The second-order valence-corrected chi connectivity index (χ2v) is 4.75. The summed E-state index contributed by atoms with van der Waals surface area (Å²) in [5, 5.41) is 0. The van der Waals surface area contributed by atoms with Crippen LogP contribution in [0, 0.1) is 0 Å². The van der Waals surface area contributed by atoms with Crippen molar-refractivity contribution in [3.63, 3.8) is 0 Å². The summed E-state index contributed by atoms with van der Waals surface area (Å²) >= 11 is 16.2. The fourth-order valence-electron chi connectivity index (χ4n) is 0.426. The number of nitrogens with zero attached hydrogens (tertiary/aromatic N) is 2. The van der Waals surface area contributed by atoms with Crippen molar-refractivity contribution in [2.75, 3.05) is 27.2 Å². The summed E-state index contributed by atoms with van der Waals surface area (Å²) in [7, 11) is 3.93. The van der Waals surface area contributed by atoms with E-state index in [1.54, 1.807) is 0 Å². The molecule has 0 aliphatic heterocycles. The molecule has 0 N–H and O–H groups in total. The molecule has 0 rings (SSSR count). The van der Waals surface area contributed by atoms with Crippen molar-refractivity contribution in [2.45, 2.75) is 3.79 Å². The topological polar surface area (TPSA) is 15.6 Å². The Morgan fingerprint density at radius 3 is 2.27 bits per heavy atom. The van der Waals surface area contributed by atoms with E-state index in [-0.39, 0.29) is 0 Å². The Labute approximate surface area is 82.1 Å². The van der Waals surface area contributed by atoms with Gasteiger partial charge in [-0.2, -0.15) is 0 Å². The molecule has 0 amide bonds. The first kappa shape index (κ1) is 11.5. The van der Waals surface area contributed by atoms with Crippen LogP contribution >= 0.6 is 34.8 Å². The first-order chi connectivity index (χ1) is 4.92. The minimum Gasteiger partial charge on any atom is -0.308 e. The van der Waals surface area contributed by atoms with Crippen LogP contribution in [0.1, 0.15) is 0 Å². The molecule has 5 heteroatoms. The molecule has 2 nitrogen and oxygen atoms in total. The van der Waals surface area contributed by atoms with Crippen molar-refractivity contribution in [2.24, 2.45) is 4.99 Å². The van der Waals surface area contributed by atoms with Gasteiger partial charge in [0.2, 0.25) is 3.79 Å². The van der Waals surface area contributed by atoms with E-state index in [2.05, 4.69) is 4.99 Å². The van der Waals surface area contributed by atoms with Crippen molar-refractivity contribution in [3.05, 3.63) is 0 Å². The largest absolute Gasteiger partial charge is 0.308 e. The molecule has 0 aromatic rings. The van der Waals surface area contributed by atoms with Crippen molar-refractivity contribution in [3.8, 4) is 0 Å². The minimum atomic E-state index is -1.35. The zero-order valence-electron chi connectivity index (χ0n) is 6.52. The molecular formula is C6H11Cl3N2. The molecular weight excluding hydrogens is 206 g/mol. The lowest BCUT2D eigenvalue weighted by Crippen LogP contribution is -2.16. The molecule has 0 bridgehead atoms. The summed E-state index contributed by atoms with van der Waals surface area (Å²) < 4.78 is -1.35. The SMILES string of the molecule is CN(C)CCN=CC(Cl)(Cl)Cl. The van der Waals surface area contributed by atoms with E-state index in [9.17, 15) is 0 Å². The Hall–Kier alpha value is 0.500. The summed E-state index contributed by atoms with van der Waals surface area (Å²) in [5.41, 5.74) is 0. The molecule has 66 valence electrons. The molecule has 0 fully saturated rings. The molecule has 0 heterocycles. The van der Waals surface area contributed by atoms with Gasteiger partial charge >= 0.3 is 0 Å². The van der Waals surface area contributed by atoms with E-state index in [0.29, 0.717) is 6.54 Å². The monoisotopic (exact) mass is 216 g/mol. The quantitative estimate of drug-likeness (QED) is 0.521. The van der Waals surface area contributed by atoms with Crippen LogP contribution in [-0.2, 0) is 0 Å². The molecule has 11 heavy (non-hydrogen) atoms. The van der Waals surface area contributed by atoms with Gasteiger partial charge in [0.15, 0.2) is 0 Å². The molecule has 0 saturated heterocycles. The fraction of sp³-hybridized carbons (Fsp3) is 0.833. The Balaban J connectivity index is 3.46. The van der Waals surface area contributed by atoms with E-state index in [0.717, 1.165) is 6.54 Å². The lowest BCUT2D eigenvalue weighted by molar-refractivity contribution is 0.420. The first-order valence-corrected chi connectivity index (χ1v) is 4.27. The molecule has 0 atom stereocenters. The maximum absolute atomic E-state index is 5.42. The third-order valence-electron chi connectivity index (χ3n) is 0.914. The highest BCUT2D eigenvalue weighted by Gasteiger charge is 2.14. The smallest absolute Gasteiger partial charge is 0.225 e. The lowest BCUT2D eigenvalue weighted by Gasteiger charge is -2.06. The van der Waals surface area contributed by atoms with E-state index in [1.165, 1.54) is 6.21 Å². The van der Waals surface area contributed by atoms with Gasteiger partial charge in [-0.25, -0.2) is 0 Å². The number of likely N-dealkylation sites (N-methyl/N-ethyl adjacent to an activating group) is 1. The van der Waals surface area contributed by atoms with Gasteiger partial charge in [0.1, 0.15) is 0 Å². The predicted octanol–water partition coefficient (Wildman–Crippen LogP) is 1.99. The molecule has 0 aromatic carbocycles. The van der Waals surface area contributed by atoms with Gasteiger partial charge in [0.25, 0.3) is 0 Å². The van der Waals surface area contributed by atoms with Crippen LogP contribution in [0.4, 0.5) is 0 Å². The molecule has 0 unspecified atom stereocenters. The van der Waals surface area contributed by atoms with E-state index >= 15 is 0 Å². The van der Waals surface area contributed by atoms with Crippen LogP contribution in [0.25, 0.3) is 0 Å². The number of hydrogen-bond donors (Lipinski definition) is 0. The van der Waals surface area contributed by atoms with Crippen LogP contribution in [0.15, 0.2) is 4.99 Å². The zero-order chi connectivity index (χ0) is 8.91. The number of alkyl halides is 3. The second kappa shape index (κ2) is 5.20. The first-order valence-electron chi connectivity index (χ1n) is 3.14. The van der Waals surface area contributed by atoms with Crippen LogP contribution in [0.2, 0.25) is 0 Å². The third kappa shape index (κ3) is 10.5. The van der Waals surface area contributed by atoms with Crippen LogP contribution in [0.5, 0.6) is 0 Å². The average Bonchev–Trinajstić information content (AvgIpc) is 1.78. The Kier molecular flexibility index (Phi) is 5.44. The highest BCUT2D eigenvalue weighted by Crippen LogP contribution is 2.22. The van der Waals surface area contributed by atoms with Gasteiger partial charge in [0, 0.05) is 12.8 Å². The molecule has 0 aliphatic carbocycles. The molecule has 0 radical (unpaired) electrons. The molecule has 0 aliphatic rings. The van der Waals surface area contributed by atoms with E-state index in [4.69, 9.17) is 34.8 Å². The van der Waals surface area contributed by atoms with Gasteiger partial charge in [-0.3, -0.25) is 4.99 Å². The lowest BCUT2D eigenvalue weighted by atomic mass is 10.6. The highest BCUT2D eigenvalue weighted by atomic mass is 35.6. The van der Waals surface area contributed by atoms with Gasteiger partial charge < -0.3 is 4.90 Å². The predicted molar refractivity (Wildman–Crippen MR) is 52.2 cm³/mol. The Morgan fingerprint density at radius 1 is 1.36 bits per heavy atom. The second-order valence-electron chi connectivity index (χ2n) is 2.38. The van der Waals surface area contributed by atoms with Crippen LogP contribution in [-0.4, -0.2) is 42.1 Å². The molecule has 0 aromatic heterocycles. The standard InChI is InChI=1S/C6H11Cl3N2/c1-11(2)4-3-10-5-6(7,8)9/h5H,3-4H2,1-2H3. The maximum atomic E-state index is 5.42. The van der Waals surface area contributed by atoms with E-state index < -0.39 is 3.79 Å². The number of aliphatic imine (C=N–C) groups is 1. The number of hydrogen-bond acceptors (Lipinski definition) is 2. The van der Waals surface area contributed by atoms with Gasteiger partial charge in [-0.15, -0.1) is 0 Å². The van der Waals surface area contributed by atoms with Crippen molar-refractivity contribution >= 4 is 41.0 Å². The number of rotatable bonds is 3. The fourth-order valence-corrected chi connectivity index (χ4v) is 0.633. The summed E-state index contributed by atoms with van der Waals surface area (Å²) in [4.78, 5) is 5.93. The summed E-state index contributed by atoms with van der Waals surface area (Å²) in [5.74, 6) is 0. The van der Waals surface area contributed by atoms with Crippen molar-refractivity contribution < 1.29 is 0 Å². The normalized spacial score (nSPS) is 13.3. The Bertz CT molecular complexity index is 128. The number of halogens is 3. The third-order valence-corrected chi connectivity index (χ3v) is 1.21. The van der Waals surface area contributed by atoms with E-state index in [1.807, 2.05) is 19.0 Å². The summed E-state index contributed by atoms with van der Waals surface area (Å²) in [6, 6.07) is 0. The molecule has 0 saturated carbocycles. The molecule has 0 spiro atoms. The summed E-state index contributed by atoms with van der Waals surface area (Å²) in [6.07, 6.45) is 1.32. The summed E-state index contributed by atoms with van der Waals surface area (Å²) in [6.45, 7) is 1.51. The van der Waals surface area contributed by atoms with Gasteiger partial charge in [-0.1, -0.05) is 34.8 Å². The highest BCUT2D eigenvalue weighted by molar-refractivity contribution is 6.74. The van der Waals surface area contributed by atoms with Crippen LogP contribution in [0.3, 0.4) is 0 Å². The average molecular weight is 218 g/mol.